The topological polar surface area (TPSA) is 50.4 Å². The molecule has 0 aliphatic rings. The lowest BCUT2D eigenvalue weighted by molar-refractivity contribution is 0.0951. The maximum atomic E-state index is 12.4. The van der Waals surface area contributed by atoms with Gasteiger partial charge in [-0.2, -0.15) is 0 Å². The Balaban J connectivity index is 1.90. The van der Waals surface area contributed by atoms with Crippen molar-refractivity contribution >= 4 is 17.7 Å². The third kappa shape index (κ3) is 6.06. The van der Waals surface area contributed by atoms with E-state index in [1.165, 1.54) is 0 Å². The van der Waals surface area contributed by atoms with Gasteiger partial charge in [0.15, 0.2) is 0 Å². The molecule has 2 rings (SSSR count). The Morgan fingerprint density at radius 3 is 2.52 bits per heavy atom. The van der Waals surface area contributed by atoms with Crippen molar-refractivity contribution in [2.75, 3.05) is 33.4 Å². The summed E-state index contributed by atoms with van der Waals surface area (Å²) in [6.45, 7) is 2.77. The minimum atomic E-state index is -0.0439. The van der Waals surface area contributed by atoms with Gasteiger partial charge in [0.1, 0.15) is 0 Å². The second-order valence-electron chi connectivity index (χ2n) is 4.91. The van der Waals surface area contributed by atoms with Crippen LogP contribution in [0.3, 0.4) is 0 Å². The molecule has 0 aliphatic carbocycles. The van der Waals surface area contributed by atoms with Crippen molar-refractivity contribution in [1.29, 1.82) is 0 Å². The van der Waals surface area contributed by atoms with E-state index in [0.717, 1.165) is 22.9 Å². The van der Waals surface area contributed by atoms with Crippen LogP contribution in [0.15, 0.2) is 64.4 Å². The maximum absolute atomic E-state index is 12.4. The van der Waals surface area contributed by atoms with Crippen LogP contribution in [-0.2, 0) is 4.74 Å². The molecule has 0 saturated carbocycles. The molecule has 0 fully saturated rings. The molecular weight excluding hydrogens is 308 g/mol. The first-order chi connectivity index (χ1) is 11.3. The van der Waals surface area contributed by atoms with E-state index in [1.807, 2.05) is 54.6 Å². The summed E-state index contributed by atoms with van der Waals surface area (Å²) in [5.41, 5.74) is 0.707. The summed E-state index contributed by atoms with van der Waals surface area (Å²) >= 11 is 1.60. The molecule has 0 aliphatic heterocycles. The Kier molecular flexibility index (Phi) is 7.66. The highest BCUT2D eigenvalue weighted by atomic mass is 32.2. The number of rotatable bonds is 9. The summed E-state index contributed by atoms with van der Waals surface area (Å²) in [5, 5.41) is 6.15. The van der Waals surface area contributed by atoms with Crippen molar-refractivity contribution in [2.24, 2.45) is 0 Å². The third-order valence-corrected chi connectivity index (χ3v) is 4.26. The van der Waals surface area contributed by atoms with Crippen molar-refractivity contribution in [3.05, 3.63) is 60.2 Å². The fourth-order valence-electron chi connectivity index (χ4n) is 2.02. The number of nitrogens with one attached hydrogen (secondary N) is 2. The fraction of sp³-hybridized carbons (Fsp3) is 0.278. The maximum Gasteiger partial charge on any atom is 0.252 e. The van der Waals surface area contributed by atoms with Gasteiger partial charge in [-0.15, -0.1) is 0 Å². The molecule has 0 heterocycles. The van der Waals surface area contributed by atoms with Crippen LogP contribution >= 0.6 is 11.8 Å². The molecule has 0 saturated heterocycles. The highest BCUT2D eigenvalue weighted by Crippen LogP contribution is 2.30. The summed E-state index contributed by atoms with van der Waals surface area (Å²) in [4.78, 5) is 14.4. The first-order valence-corrected chi connectivity index (χ1v) is 8.42. The summed E-state index contributed by atoms with van der Waals surface area (Å²) in [5.74, 6) is -0.0439. The standard InChI is InChI=1S/C18H22N2O2S/c1-22-14-13-19-11-12-20-18(21)16-9-5-6-10-17(16)23-15-7-3-2-4-8-15/h2-10,19H,11-14H2,1H3,(H,20,21). The minimum absolute atomic E-state index is 0.0439. The summed E-state index contributed by atoms with van der Waals surface area (Å²) < 4.78 is 4.96. The monoisotopic (exact) mass is 330 g/mol. The average Bonchev–Trinajstić information content (AvgIpc) is 2.59. The lowest BCUT2D eigenvalue weighted by Gasteiger charge is -2.10. The van der Waals surface area contributed by atoms with Crippen LogP contribution < -0.4 is 10.6 Å². The Bertz CT molecular complexity index is 605. The number of ether oxygens (including phenoxy) is 1. The Labute approximate surface area is 141 Å². The van der Waals surface area contributed by atoms with Crippen LogP contribution in [0.1, 0.15) is 10.4 Å². The molecule has 0 unspecified atom stereocenters. The average molecular weight is 330 g/mol. The van der Waals surface area contributed by atoms with Gasteiger partial charge in [0.25, 0.3) is 5.91 Å². The molecule has 0 bridgehead atoms. The lowest BCUT2D eigenvalue weighted by Crippen LogP contribution is -2.33. The van der Waals surface area contributed by atoms with Gasteiger partial charge in [0.2, 0.25) is 0 Å². The number of methoxy groups -OCH3 is 1. The van der Waals surface area contributed by atoms with E-state index in [1.54, 1.807) is 18.9 Å². The van der Waals surface area contributed by atoms with E-state index in [0.29, 0.717) is 18.7 Å². The highest BCUT2D eigenvalue weighted by Gasteiger charge is 2.11. The zero-order valence-corrected chi connectivity index (χ0v) is 14.1. The number of hydrogen-bond donors (Lipinski definition) is 2. The van der Waals surface area contributed by atoms with Crippen molar-refractivity contribution in [2.45, 2.75) is 9.79 Å². The van der Waals surface area contributed by atoms with Crippen LogP contribution in [0, 0.1) is 0 Å². The van der Waals surface area contributed by atoms with Gasteiger partial charge >= 0.3 is 0 Å². The first kappa shape index (κ1) is 17.5. The number of hydrogen-bond acceptors (Lipinski definition) is 4. The van der Waals surface area contributed by atoms with E-state index < -0.39 is 0 Å². The van der Waals surface area contributed by atoms with E-state index >= 15 is 0 Å². The molecule has 2 aromatic carbocycles. The van der Waals surface area contributed by atoms with E-state index in [2.05, 4.69) is 10.6 Å². The molecule has 0 aromatic heterocycles. The van der Waals surface area contributed by atoms with Crippen molar-refractivity contribution < 1.29 is 9.53 Å². The molecular formula is C18H22N2O2S. The second kappa shape index (κ2) is 10.0. The molecule has 0 radical (unpaired) electrons. The molecule has 4 nitrogen and oxygen atoms in total. The number of amides is 1. The quantitative estimate of drug-likeness (QED) is 0.694. The molecule has 0 spiro atoms. The van der Waals surface area contributed by atoms with Crippen molar-refractivity contribution in [3.8, 4) is 0 Å². The van der Waals surface area contributed by atoms with Crippen LogP contribution in [-0.4, -0.2) is 39.3 Å². The number of benzene rings is 2. The van der Waals surface area contributed by atoms with Crippen LogP contribution in [0.5, 0.6) is 0 Å². The zero-order chi connectivity index (χ0) is 16.3. The lowest BCUT2D eigenvalue weighted by atomic mass is 10.2. The van der Waals surface area contributed by atoms with Gasteiger partial charge in [-0.05, 0) is 24.3 Å². The molecule has 2 aromatic rings. The number of carbonyl (C=O) groups excluding carboxylic acids is 1. The van der Waals surface area contributed by atoms with Gasteiger partial charge in [-0.25, -0.2) is 0 Å². The molecule has 0 atom stereocenters. The molecule has 2 N–H and O–H groups in total. The summed E-state index contributed by atoms with van der Waals surface area (Å²) in [7, 11) is 1.67. The van der Waals surface area contributed by atoms with Gasteiger partial charge in [0.05, 0.1) is 12.2 Å². The van der Waals surface area contributed by atoms with Crippen LogP contribution in [0.2, 0.25) is 0 Å². The third-order valence-electron chi connectivity index (χ3n) is 3.17. The second-order valence-corrected chi connectivity index (χ2v) is 6.03. The van der Waals surface area contributed by atoms with Gasteiger partial charge in [-0.1, -0.05) is 42.1 Å². The zero-order valence-electron chi connectivity index (χ0n) is 13.2. The van der Waals surface area contributed by atoms with Crippen molar-refractivity contribution in [1.82, 2.24) is 10.6 Å². The molecule has 5 heteroatoms. The molecule has 23 heavy (non-hydrogen) atoms. The largest absolute Gasteiger partial charge is 0.383 e. The van der Waals surface area contributed by atoms with Crippen LogP contribution in [0.4, 0.5) is 0 Å². The van der Waals surface area contributed by atoms with Crippen LogP contribution in [0.25, 0.3) is 0 Å². The number of carbonyl (C=O) groups is 1. The predicted molar refractivity (Wildman–Crippen MR) is 94.1 cm³/mol. The Morgan fingerprint density at radius 1 is 1.00 bits per heavy atom. The highest BCUT2D eigenvalue weighted by molar-refractivity contribution is 7.99. The van der Waals surface area contributed by atoms with Gasteiger partial charge in [-0.3, -0.25) is 4.79 Å². The minimum Gasteiger partial charge on any atom is -0.383 e. The normalized spacial score (nSPS) is 10.5. The predicted octanol–water partition coefficient (Wildman–Crippen LogP) is 2.80. The van der Waals surface area contributed by atoms with E-state index in [-0.39, 0.29) is 5.91 Å². The van der Waals surface area contributed by atoms with Gasteiger partial charge in [0, 0.05) is 36.5 Å². The van der Waals surface area contributed by atoms with E-state index in [9.17, 15) is 4.79 Å². The Morgan fingerprint density at radius 2 is 1.74 bits per heavy atom. The fourth-order valence-corrected chi connectivity index (χ4v) is 2.98. The van der Waals surface area contributed by atoms with E-state index in [4.69, 9.17) is 4.74 Å². The summed E-state index contributed by atoms with van der Waals surface area (Å²) in [6, 6.07) is 17.7. The molecule has 122 valence electrons. The molecule has 1 amide bonds. The Hall–Kier alpha value is -1.82. The van der Waals surface area contributed by atoms with Gasteiger partial charge < -0.3 is 15.4 Å². The van der Waals surface area contributed by atoms with Crippen molar-refractivity contribution in [3.63, 3.8) is 0 Å². The first-order valence-electron chi connectivity index (χ1n) is 7.61. The smallest absolute Gasteiger partial charge is 0.252 e. The SMILES string of the molecule is COCCNCCNC(=O)c1ccccc1Sc1ccccc1. The summed E-state index contributed by atoms with van der Waals surface area (Å²) in [6.07, 6.45) is 0.